The van der Waals surface area contributed by atoms with Gasteiger partial charge in [-0.2, -0.15) is 0 Å². The summed E-state index contributed by atoms with van der Waals surface area (Å²) in [6, 6.07) is 18.3. The van der Waals surface area contributed by atoms with Crippen LogP contribution in [-0.2, 0) is 9.59 Å². The van der Waals surface area contributed by atoms with Crippen molar-refractivity contribution in [3.05, 3.63) is 72.3 Å². The van der Waals surface area contributed by atoms with E-state index in [-0.39, 0.29) is 6.61 Å². The van der Waals surface area contributed by atoms with Gasteiger partial charge in [0.05, 0.1) is 0 Å². The molecule has 0 spiro atoms. The molecule has 0 atom stereocenters. The van der Waals surface area contributed by atoms with Crippen molar-refractivity contribution < 1.29 is 14.3 Å². The van der Waals surface area contributed by atoms with Crippen molar-refractivity contribution >= 4 is 17.9 Å². The van der Waals surface area contributed by atoms with Crippen LogP contribution in [0.2, 0.25) is 0 Å². The Bertz CT molecular complexity index is 639. The molecule has 0 bridgehead atoms. The first-order valence-corrected chi connectivity index (χ1v) is 6.74. The Labute approximate surface area is 128 Å². The van der Waals surface area contributed by atoms with Gasteiger partial charge in [-0.15, -0.1) is 0 Å². The van der Waals surface area contributed by atoms with E-state index >= 15 is 0 Å². The summed E-state index contributed by atoms with van der Waals surface area (Å²) in [5, 5.41) is 0. The zero-order valence-electron chi connectivity index (χ0n) is 11.9. The van der Waals surface area contributed by atoms with Crippen LogP contribution in [0.1, 0.15) is 5.56 Å². The van der Waals surface area contributed by atoms with Crippen molar-refractivity contribution in [2.45, 2.75) is 0 Å². The number of ether oxygens (including phenoxy) is 1. The molecule has 5 nitrogen and oxygen atoms in total. The van der Waals surface area contributed by atoms with Crippen LogP contribution >= 0.6 is 0 Å². The molecule has 0 unspecified atom stereocenters. The Morgan fingerprint density at radius 1 is 0.909 bits per heavy atom. The molecule has 0 aliphatic heterocycles. The predicted molar refractivity (Wildman–Crippen MR) is 83.7 cm³/mol. The van der Waals surface area contributed by atoms with E-state index in [1.807, 2.05) is 48.5 Å². The minimum absolute atomic E-state index is 0.174. The van der Waals surface area contributed by atoms with Crippen LogP contribution in [0.15, 0.2) is 66.7 Å². The molecular formula is C17H16N2O3. The van der Waals surface area contributed by atoms with Crippen LogP contribution in [0.25, 0.3) is 6.08 Å². The standard InChI is InChI=1S/C17H16N2O3/c20-16(12-11-14-7-3-1-4-8-14)18-19-17(21)13-22-15-9-5-2-6-10-15/h1-12H,13H2,(H,18,20)(H,19,21)/b12-11+. The van der Waals surface area contributed by atoms with Crippen LogP contribution < -0.4 is 15.6 Å². The van der Waals surface area contributed by atoms with Crippen molar-refractivity contribution in [2.75, 3.05) is 6.61 Å². The number of carbonyl (C=O) groups excluding carboxylic acids is 2. The van der Waals surface area contributed by atoms with Crippen molar-refractivity contribution in [1.29, 1.82) is 0 Å². The first kappa shape index (κ1) is 15.3. The van der Waals surface area contributed by atoms with Crippen LogP contribution in [0.4, 0.5) is 0 Å². The second-order valence-corrected chi connectivity index (χ2v) is 4.38. The highest BCUT2D eigenvalue weighted by Crippen LogP contribution is 2.07. The number of hydrogen-bond donors (Lipinski definition) is 2. The first-order valence-electron chi connectivity index (χ1n) is 6.74. The second-order valence-electron chi connectivity index (χ2n) is 4.38. The van der Waals surface area contributed by atoms with Gasteiger partial charge in [0.2, 0.25) is 0 Å². The van der Waals surface area contributed by atoms with Crippen LogP contribution in [-0.4, -0.2) is 18.4 Å². The Kier molecular flexibility index (Phi) is 5.75. The Balaban J connectivity index is 1.69. The molecule has 0 fully saturated rings. The lowest BCUT2D eigenvalue weighted by atomic mass is 10.2. The van der Waals surface area contributed by atoms with Gasteiger partial charge in [-0.1, -0.05) is 48.5 Å². The molecule has 2 N–H and O–H groups in total. The van der Waals surface area contributed by atoms with Crippen LogP contribution in [0, 0.1) is 0 Å². The van der Waals surface area contributed by atoms with Gasteiger partial charge in [0.15, 0.2) is 6.61 Å². The zero-order chi connectivity index (χ0) is 15.6. The highest BCUT2D eigenvalue weighted by Gasteiger charge is 2.03. The summed E-state index contributed by atoms with van der Waals surface area (Å²) in [5.74, 6) is -0.268. The van der Waals surface area contributed by atoms with Gasteiger partial charge >= 0.3 is 0 Å². The Morgan fingerprint density at radius 2 is 1.55 bits per heavy atom. The van der Waals surface area contributed by atoms with Crippen molar-refractivity contribution in [2.24, 2.45) is 0 Å². The molecule has 0 saturated carbocycles. The minimum Gasteiger partial charge on any atom is -0.484 e. The molecule has 22 heavy (non-hydrogen) atoms. The smallest absolute Gasteiger partial charge is 0.276 e. The number of carbonyl (C=O) groups is 2. The molecule has 0 aromatic heterocycles. The van der Waals surface area contributed by atoms with E-state index in [2.05, 4.69) is 10.9 Å². The number of rotatable bonds is 5. The van der Waals surface area contributed by atoms with E-state index < -0.39 is 11.8 Å². The van der Waals surface area contributed by atoms with Gasteiger partial charge in [0.1, 0.15) is 5.75 Å². The lowest BCUT2D eigenvalue weighted by Crippen LogP contribution is -2.43. The molecule has 2 aromatic rings. The fourth-order valence-electron chi connectivity index (χ4n) is 1.61. The van der Waals surface area contributed by atoms with Crippen LogP contribution in [0.3, 0.4) is 0 Å². The summed E-state index contributed by atoms with van der Waals surface area (Å²) in [6.45, 7) is -0.174. The summed E-state index contributed by atoms with van der Waals surface area (Å²) in [4.78, 5) is 23.1. The summed E-state index contributed by atoms with van der Waals surface area (Å²) >= 11 is 0. The largest absolute Gasteiger partial charge is 0.484 e. The molecule has 5 heteroatoms. The van der Waals surface area contributed by atoms with Gasteiger partial charge in [-0.3, -0.25) is 20.4 Å². The zero-order valence-corrected chi connectivity index (χ0v) is 11.9. The van der Waals surface area contributed by atoms with E-state index in [9.17, 15) is 9.59 Å². The van der Waals surface area contributed by atoms with Crippen LogP contribution in [0.5, 0.6) is 5.75 Å². The predicted octanol–water partition coefficient (Wildman–Crippen LogP) is 1.93. The third-order valence-corrected chi connectivity index (χ3v) is 2.66. The third-order valence-electron chi connectivity index (χ3n) is 2.66. The highest BCUT2D eigenvalue weighted by atomic mass is 16.5. The first-order chi connectivity index (χ1) is 10.7. The van der Waals surface area contributed by atoms with Gasteiger partial charge < -0.3 is 4.74 Å². The number of para-hydroxylation sites is 1. The highest BCUT2D eigenvalue weighted by molar-refractivity contribution is 5.93. The summed E-state index contributed by atoms with van der Waals surface area (Å²) in [6.07, 6.45) is 3.00. The van der Waals surface area contributed by atoms with Gasteiger partial charge in [-0.25, -0.2) is 0 Å². The fourth-order valence-corrected chi connectivity index (χ4v) is 1.61. The molecule has 0 aliphatic carbocycles. The van der Waals surface area contributed by atoms with Gasteiger partial charge in [0.25, 0.3) is 11.8 Å². The number of hydrazine groups is 1. The summed E-state index contributed by atoms with van der Waals surface area (Å²) in [7, 11) is 0. The lowest BCUT2D eigenvalue weighted by Gasteiger charge is -2.07. The average Bonchev–Trinajstić information content (AvgIpc) is 2.58. The number of hydrogen-bond acceptors (Lipinski definition) is 3. The quantitative estimate of drug-likeness (QED) is 0.654. The molecule has 0 aliphatic rings. The van der Waals surface area contributed by atoms with E-state index in [0.717, 1.165) is 5.56 Å². The monoisotopic (exact) mass is 296 g/mol. The van der Waals surface area contributed by atoms with Crippen molar-refractivity contribution in [3.63, 3.8) is 0 Å². The molecule has 2 amide bonds. The average molecular weight is 296 g/mol. The summed E-state index contributed by atoms with van der Waals surface area (Å²) < 4.78 is 5.25. The maximum atomic E-state index is 11.5. The normalized spacial score (nSPS) is 10.2. The van der Waals surface area contributed by atoms with Crippen molar-refractivity contribution in [1.82, 2.24) is 10.9 Å². The Morgan fingerprint density at radius 3 is 2.23 bits per heavy atom. The topological polar surface area (TPSA) is 67.4 Å². The van der Waals surface area contributed by atoms with Gasteiger partial charge in [0, 0.05) is 6.08 Å². The maximum absolute atomic E-state index is 11.5. The molecule has 0 saturated heterocycles. The molecule has 0 heterocycles. The molecular weight excluding hydrogens is 280 g/mol. The molecule has 2 rings (SSSR count). The molecule has 2 aromatic carbocycles. The number of benzene rings is 2. The van der Waals surface area contributed by atoms with E-state index in [1.54, 1.807) is 18.2 Å². The molecule has 0 radical (unpaired) electrons. The Hall–Kier alpha value is -3.08. The lowest BCUT2D eigenvalue weighted by molar-refractivity contribution is -0.128. The van der Waals surface area contributed by atoms with Gasteiger partial charge in [-0.05, 0) is 23.8 Å². The van der Waals surface area contributed by atoms with E-state index in [4.69, 9.17) is 4.74 Å². The van der Waals surface area contributed by atoms with E-state index in [0.29, 0.717) is 5.75 Å². The fraction of sp³-hybridized carbons (Fsp3) is 0.0588. The third kappa shape index (κ3) is 5.50. The molecule has 112 valence electrons. The minimum atomic E-state index is -0.440. The van der Waals surface area contributed by atoms with Crippen molar-refractivity contribution in [3.8, 4) is 5.75 Å². The number of nitrogens with one attached hydrogen (secondary N) is 2. The maximum Gasteiger partial charge on any atom is 0.276 e. The second kappa shape index (κ2) is 8.26. The SMILES string of the molecule is O=C(/C=C/c1ccccc1)NNC(=O)COc1ccccc1. The summed E-state index contributed by atoms with van der Waals surface area (Å²) in [5.41, 5.74) is 5.46. The van der Waals surface area contributed by atoms with E-state index in [1.165, 1.54) is 6.08 Å². The number of amides is 2.